The maximum Gasteiger partial charge on any atom is 0.227 e. The summed E-state index contributed by atoms with van der Waals surface area (Å²) in [6.45, 7) is 0. The van der Waals surface area contributed by atoms with Gasteiger partial charge in [-0.15, -0.1) is 11.8 Å². The van der Waals surface area contributed by atoms with E-state index in [1.165, 1.54) is 0 Å². The Morgan fingerprint density at radius 1 is 1.20 bits per heavy atom. The number of Topliss-reactive ketones (excluding diaryl/α,β-unsaturated/α-hetero) is 1. The minimum absolute atomic E-state index is 0.0460. The molecule has 2 aromatic carbocycles. The molecule has 0 radical (unpaired) electrons. The highest BCUT2D eigenvalue weighted by molar-refractivity contribution is 8.00. The second-order valence-corrected chi connectivity index (χ2v) is 6.21. The Morgan fingerprint density at radius 3 is 2.64 bits per heavy atom. The van der Waals surface area contributed by atoms with Gasteiger partial charge in [0.1, 0.15) is 5.52 Å². The molecule has 2 N–H and O–H groups in total. The predicted octanol–water partition coefficient (Wildman–Crippen LogP) is 2.90. The van der Waals surface area contributed by atoms with Crippen molar-refractivity contribution in [2.24, 2.45) is 5.73 Å². The molecule has 0 fully saturated rings. The van der Waals surface area contributed by atoms with Crippen LogP contribution in [0.2, 0.25) is 0 Å². The van der Waals surface area contributed by atoms with Crippen molar-refractivity contribution in [3.05, 3.63) is 60.0 Å². The first-order chi connectivity index (χ1) is 12.1. The van der Waals surface area contributed by atoms with E-state index in [-0.39, 0.29) is 11.6 Å². The van der Waals surface area contributed by atoms with Gasteiger partial charge in [-0.05, 0) is 18.2 Å². The fraction of sp³-hybridized carbons (Fsp3) is 0.111. The summed E-state index contributed by atoms with van der Waals surface area (Å²) in [5.74, 6) is -1.97. The summed E-state index contributed by atoms with van der Waals surface area (Å²) < 4.78 is 5.57. The molecule has 124 valence electrons. The van der Waals surface area contributed by atoms with Crippen LogP contribution in [-0.2, 0) is 4.79 Å². The Bertz CT molecular complexity index is 957. The number of para-hydroxylation sites is 2. The molecule has 0 aliphatic carbocycles. The number of nitrogens with zero attached hydrogens (tertiary/aromatic N) is 2. The number of ketones is 1. The summed E-state index contributed by atoms with van der Waals surface area (Å²) in [6.07, 6.45) is 0. The Labute approximate surface area is 147 Å². The van der Waals surface area contributed by atoms with Gasteiger partial charge < -0.3 is 10.2 Å². The maximum absolute atomic E-state index is 12.9. The van der Waals surface area contributed by atoms with Crippen LogP contribution in [0.3, 0.4) is 0 Å². The van der Waals surface area contributed by atoms with Crippen LogP contribution in [0.1, 0.15) is 22.2 Å². The van der Waals surface area contributed by atoms with Crippen molar-refractivity contribution in [2.75, 3.05) is 5.75 Å². The van der Waals surface area contributed by atoms with Gasteiger partial charge in [-0.3, -0.25) is 9.59 Å². The smallest absolute Gasteiger partial charge is 0.227 e. The molecule has 0 aliphatic heterocycles. The van der Waals surface area contributed by atoms with Gasteiger partial charge in [0.05, 0.1) is 11.8 Å². The molecule has 0 bridgehead atoms. The number of primary amides is 1. The minimum atomic E-state index is -1.16. The van der Waals surface area contributed by atoms with Gasteiger partial charge in [-0.2, -0.15) is 5.26 Å². The summed E-state index contributed by atoms with van der Waals surface area (Å²) in [4.78, 5) is 28.7. The van der Waals surface area contributed by atoms with E-state index < -0.39 is 17.6 Å². The summed E-state index contributed by atoms with van der Waals surface area (Å²) in [5.41, 5.74) is 6.60. The number of amides is 1. The van der Waals surface area contributed by atoms with E-state index in [2.05, 4.69) is 4.98 Å². The van der Waals surface area contributed by atoms with Crippen LogP contribution < -0.4 is 5.73 Å². The highest BCUT2D eigenvalue weighted by atomic mass is 32.2. The summed E-state index contributed by atoms with van der Waals surface area (Å²) in [7, 11) is 0. The number of benzene rings is 2. The summed E-state index contributed by atoms with van der Waals surface area (Å²) in [6, 6.07) is 15.8. The molecule has 3 aromatic rings. The topological polar surface area (TPSA) is 110 Å². The van der Waals surface area contributed by atoms with E-state index in [9.17, 15) is 14.9 Å². The van der Waals surface area contributed by atoms with E-state index in [0.29, 0.717) is 21.6 Å². The van der Waals surface area contributed by atoms with Crippen molar-refractivity contribution in [1.29, 1.82) is 5.26 Å². The highest BCUT2D eigenvalue weighted by Gasteiger charge is 2.28. The van der Waals surface area contributed by atoms with Crippen molar-refractivity contribution in [3.8, 4) is 6.07 Å². The number of hydrogen-bond donors (Lipinski definition) is 1. The van der Waals surface area contributed by atoms with Gasteiger partial charge in [0.15, 0.2) is 17.3 Å². The van der Waals surface area contributed by atoms with Gasteiger partial charge in [-0.1, -0.05) is 30.3 Å². The average molecular weight is 351 g/mol. The first-order valence-electron chi connectivity index (χ1n) is 7.39. The molecule has 0 aliphatic rings. The van der Waals surface area contributed by atoms with E-state index in [4.69, 9.17) is 10.2 Å². The monoisotopic (exact) mass is 351 g/mol. The third-order valence-electron chi connectivity index (χ3n) is 3.47. The van der Waals surface area contributed by atoms with Crippen molar-refractivity contribution >= 4 is 34.6 Å². The van der Waals surface area contributed by atoms with Crippen molar-refractivity contribution in [3.63, 3.8) is 0 Å². The average Bonchev–Trinajstić information content (AvgIpc) is 3.04. The van der Waals surface area contributed by atoms with Crippen LogP contribution in [0, 0.1) is 11.3 Å². The number of carbonyl (C=O) groups excluding carboxylic acids is 2. The fourth-order valence-electron chi connectivity index (χ4n) is 2.34. The zero-order valence-corrected chi connectivity index (χ0v) is 13.8. The standard InChI is InChI=1S/C18H13N3O3S/c19-9-12(18-21-13-6-2-3-7-14(13)24-18)17(23)11-5-1-4-8-15(11)25-10-16(20)22/h1-8,12H,10H2,(H2,20,22). The van der Waals surface area contributed by atoms with Crippen LogP contribution in [-0.4, -0.2) is 22.4 Å². The number of hydrogen-bond acceptors (Lipinski definition) is 6. The van der Waals surface area contributed by atoms with Gasteiger partial charge in [0.25, 0.3) is 0 Å². The summed E-state index contributed by atoms with van der Waals surface area (Å²) in [5, 5.41) is 9.49. The molecular formula is C18H13N3O3S. The Morgan fingerprint density at radius 2 is 1.92 bits per heavy atom. The SMILES string of the molecule is N#CC(C(=O)c1ccccc1SCC(N)=O)c1nc2ccccc2o1. The van der Waals surface area contributed by atoms with E-state index >= 15 is 0 Å². The normalized spacial score (nSPS) is 11.8. The lowest BCUT2D eigenvalue weighted by Crippen LogP contribution is -2.15. The molecule has 25 heavy (non-hydrogen) atoms. The minimum Gasteiger partial charge on any atom is -0.439 e. The first-order valence-corrected chi connectivity index (χ1v) is 8.38. The first kappa shape index (κ1) is 16.7. The van der Waals surface area contributed by atoms with Crippen molar-refractivity contribution in [2.45, 2.75) is 10.8 Å². The van der Waals surface area contributed by atoms with Crippen LogP contribution >= 0.6 is 11.8 Å². The molecular weight excluding hydrogens is 338 g/mol. The number of rotatable bonds is 6. The van der Waals surface area contributed by atoms with E-state index in [1.807, 2.05) is 6.07 Å². The van der Waals surface area contributed by atoms with E-state index in [0.717, 1.165) is 11.8 Å². The molecule has 0 saturated heterocycles. The van der Waals surface area contributed by atoms with E-state index in [1.54, 1.807) is 48.5 Å². The molecule has 1 atom stereocenters. The zero-order valence-electron chi connectivity index (χ0n) is 13.0. The number of nitrogens with two attached hydrogens (primary N) is 1. The third-order valence-corrected chi connectivity index (χ3v) is 4.57. The quantitative estimate of drug-likeness (QED) is 0.540. The van der Waals surface area contributed by atoms with Crippen molar-refractivity contribution in [1.82, 2.24) is 4.98 Å². The van der Waals surface area contributed by atoms with Crippen LogP contribution in [0.25, 0.3) is 11.1 Å². The predicted molar refractivity (Wildman–Crippen MR) is 93.1 cm³/mol. The number of thioether (sulfide) groups is 1. The molecule has 1 unspecified atom stereocenters. The number of nitriles is 1. The molecule has 6 nitrogen and oxygen atoms in total. The Kier molecular flexibility index (Phi) is 4.82. The Balaban J connectivity index is 1.95. The lowest BCUT2D eigenvalue weighted by atomic mass is 9.99. The van der Waals surface area contributed by atoms with Gasteiger partial charge in [0.2, 0.25) is 11.8 Å². The molecule has 7 heteroatoms. The van der Waals surface area contributed by atoms with Crippen LogP contribution in [0.15, 0.2) is 57.8 Å². The zero-order chi connectivity index (χ0) is 17.8. The number of carbonyl (C=O) groups is 2. The third kappa shape index (κ3) is 3.54. The molecule has 0 saturated carbocycles. The lowest BCUT2D eigenvalue weighted by Gasteiger charge is -2.09. The molecule has 1 aromatic heterocycles. The lowest BCUT2D eigenvalue weighted by molar-refractivity contribution is -0.115. The number of oxazole rings is 1. The second-order valence-electron chi connectivity index (χ2n) is 5.20. The highest BCUT2D eigenvalue weighted by Crippen LogP contribution is 2.29. The van der Waals surface area contributed by atoms with Gasteiger partial charge in [0, 0.05) is 10.5 Å². The molecule has 1 heterocycles. The number of fused-ring (bicyclic) bond motifs is 1. The molecule has 0 spiro atoms. The Hall–Kier alpha value is -3.11. The van der Waals surface area contributed by atoms with Crippen LogP contribution in [0.5, 0.6) is 0 Å². The molecule has 3 rings (SSSR count). The van der Waals surface area contributed by atoms with Gasteiger partial charge in [-0.25, -0.2) is 4.98 Å². The van der Waals surface area contributed by atoms with Crippen molar-refractivity contribution < 1.29 is 14.0 Å². The maximum atomic E-state index is 12.9. The molecule has 1 amide bonds. The number of aromatic nitrogens is 1. The van der Waals surface area contributed by atoms with Crippen LogP contribution in [0.4, 0.5) is 0 Å². The largest absolute Gasteiger partial charge is 0.439 e. The van der Waals surface area contributed by atoms with Gasteiger partial charge >= 0.3 is 0 Å². The second kappa shape index (κ2) is 7.20. The summed E-state index contributed by atoms with van der Waals surface area (Å²) >= 11 is 1.16. The fourth-order valence-corrected chi connectivity index (χ4v) is 3.14.